The summed E-state index contributed by atoms with van der Waals surface area (Å²) < 4.78 is 1.69. The minimum Gasteiger partial charge on any atom is -0.481 e. The SMILES string of the molecule is O=C(O)CCCNc1nccn(C2CC2)c1=O. The lowest BCUT2D eigenvalue weighted by Gasteiger charge is -2.07. The first-order valence-electron chi connectivity index (χ1n) is 5.71. The van der Waals surface area contributed by atoms with E-state index < -0.39 is 5.97 Å². The van der Waals surface area contributed by atoms with E-state index in [1.165, 1.54) is 0 Å². The molecular weight excluding hydrogens is 222 g/mol. The molecule has 0 saturated heterocycles. The van der Waals surface area contributed by atoms with Gasteiger partial charge in [0.1, 0.15) is 0 Å². The van der Waals surface area contributed by atoms with Gasteiger partial charge in [0.05, 0.1) is 0 Å². The number of nitrogens with one attached hydrogen (secondary N) is 1. The summed E-state index contributed by atoms with van der Waals surface area (Å²) in [6.07, 6.45) is 5.96. The van der Waals surface area contributed by atoms with E-state index in [2.05, 4.69) is 10.3 Å². The van der Waals surface area contributed by atoms with Gasteiger partial charge in [-0.25, -0.2) is 4.98 Å². The van der Waals surface area contributed by atoms with Crippen LogP contribution in [-0.4, -0.2) is 27.2 Å². The Morgan fingerprint density at radius 1 is 1.59 bits per heavy atom. The van der Waals surface area contributed by atoms with Crippen LogP contribution in [0.5, 0.6) is 0 Å². The molecule has 1 aliphatic carbocycles. The molecule has 17 heavy (non-hydrogen) atoms. The first-order chi connectivity index (χ1) is 8.18. The third-order valence-corrected chi connectivity index (χ3v) is 2.67. The Balaban J connectivity index is 1.94. The Hall–Kier alpha value is -1.85. The molecule has 0 aliphatic heterocycles. The Bertz CT molecular complexity index is 465. The number of aromatic nitrogens is 2. The average molecular weight is 237 g/mol. The van der Waals surface area contributed by atoms with Crippen molar-refractivity contribution in [2.45, 2.75) is 31.7 Å². The van der Waals surface area contributed by atoms with Crippen molar-refractivity contribution in [2.75, 3.05) is 11.9 Å². The number of anilines is 1. The summed E-state index contributed by atoms with van der Waals surface area (Å²) in [4.78, 5) is 26.2. The summed E-state index contributed by atoms with van der Waals surface area (Å²) >= 11 is 0. The van der Waals surface area contributed by atoms with Gasteiger partial charge >= 0.3 is 5.97 Å². The predicted octanol–water partition coefficient (Wildman–Crippen LogP) is 0.855. The Morgan fingerprint density at radius 3 is 3.00 bits per heavy atom. The van der Waals surface area contributed by atoms with Gasteiger partial charge < -0.3 is 15.0 Å². The molecule has 0 aromatic carbocycles. The van der Waals surface area contributed by atoms with Crippen LogP contribution in [0.15, 0.2) is 17.2 Å². The summed E-state index contributed by atoms with van der Waals surface area (Å²) in [7, 11) is 0. The van der Waals surface area contributed by atoms with Crippen LogP contribution in [0.4, 0.5) is 5.82 Å². The minimum absolute atomic E-state index is 0.0939. The second kappa shape index (κ2) is 4.99. The molecule has 0 spiro atoms. The fourth-order valence-electron chi connectivity index (χ4n) is 1.63. The smallest absolute Gasteiger partial charge is 0.303 e. The van der Waals surface area contributed by atoms with E-state index in [1.807, 2.05) is 0 Å². The maximum Gasteiger partial charge on any atom is 0.303 e. The van der Waals surface area contributed by atoms with E-state index in [4.69, 9.17) is 5.11 Å². The average Bonchev–Trinajstić information content (AvgIpc) is 3.10. The minimum atomic E-state index is -0.830. The van der Waals surface area contributed by atoms with Crippen molar-refractivity contribution < 1.29 is 9.90 Å². The van der Waals surface area contributed by atoms with E-state index in [1.54, 1.807) is 17.0 Å². The normalized spacial score (nSPS) is 14.6. The number of nitrogens with zero attached hydrogens (tertiary/aromatic N) is 2. The highest BCUT2D eigenvalue weighted by molar-refractivity contribution is 5.66. The zero-order valence-corrected chi connectivity index (χ0v) is 9.43. The van der Waals surface area contributed by atoms with E-state index in [-0.39, 0.29) is 12.0 Å². The molecule has 0 atom stereocenters. The van der Waals surface area contributed by atoms with Crippen molar-refractivity contribution in [1.29, 1.82) is 0 Å². The zero-order chi connectivity index (χ0) is 12.3. The quantitative estimate of drug-likeness (QED) is 0.717. The molecule has 1 fully saturated rings. The maximum atomic E-state index is 11.9. The number of aliphatic carboxylic acids is 1. The third kappa shape index (κ3) is 3.05. The molecule has 0 radical (unpaired) electrons. The molecule has 0 unspecified atom stereocenters. The maximum absolute atomic E-state index is 11.9. The Morgan fingerprint density at radius 2 is 2.35 bits per heavy atom. The van der Waals surface area contributed by atoms with Crippen molar-refractivity contribution in [1.82, 2.24) is 9.55 Å². The molecule has 1 aromatic rings. The summed E-state index contributed by atoms with van der Waals surface area (Å²) in [5.41, 5.74) is -0.120. The molecule has 0 bridgehead atoms. The van der Waals surface area contributed by atoms with Crippen LogP contribution in [0.3, 0.4) is 0 Å². The number of carboxylic acid groups (broad SMARTS) is 1. The van der Waals surface area contributed by atoms with Crippen LogP contribution in [0, 0.1) is 0 Å². The van der Waals surface area contributed by atoms with Crippen molar-refractivity contribution in [2.24, 2.45) is 0 Å². The van der Waals surface area contributed by atoms with Crippen LogP contribution >= 0.6 is 0 Å². The van der Waals surface area contributed by atoms with Crippen LogP contribution in [0.1, 0.15) is 31.7 Å². The molecule has 2 rings (SSSR count). The van der Waals surface area contributed by atoms with Gasteiger partial charge in [-0.05, 0) is 19.3 Å². The topological polar surface area (TPSA) is 84.2 Å². The summed E-state index contributed by atoms with van der Waals surface area (Å²) in [6.45, 7) is 0.448. The highest BCUT2D eigenvalue weighted by Crippen LogP contribution is 2.33. The molecule has 1 saturated carbocycles. The summed E-state index contributed by atoms with van der Waals surface area (Å²) in [5, 5.41) is 11.4. The van der Waals surface area contributed by atoms with E-state index in [9.17, 15) is 9.59 Å². The number of hydrogen-bond donors (Lipinski definition) is 2. The van der Waals surface area contributed by atoms with Crippen LogP contribution in [0.2, 0.25) is 0 Å². The first kappa shape index (κ1) is 11.6. The van der Waals surface area contributed by atoms with Crippen molar-refractivity contribution in [3.8, 4) is 0 Å². The van der Waals surface area contributed by atoms with Crippen molar-refractivity contribution >= 4 is 11.8 Å². The molecule has 1 heterocycles. The molecule has 6 nitrogen and oxygen atoms in total. The van der Waals surface area contributed by atoms with Crippen LogP contribution in [-0.2, 0) is 4.79 Å². The molecule has 6 heteroatoms. The second-order valence-corrected chi connectivity index (χ2v) is 4.14. The fourth-order valence-corrected chi connectivity index (χ4v) is 1.63. The van der Waals surface area contributed by atoms with Crippen molar-refractivity contribution in [3.63, 3.8) is 0 Å². The van der Waals surface area contributed by atoms with Gasteiger partial charge in [-0.15, -0.1) is 0 Å². The number of hydrogen-bond acceptors (Lipinski definition) is 4. The Kier molecular flexibility index (Phi) is 3.41. The van der Waals surface area contributed by atoms with Crippen LogP contribution in [0.25, 0.3) is 0 Å². The monoisotopic (exact) mass is 237 g/mol. The number of carboxylic acids is 1. The van der Waals surface area contributed by atoms with Gasteiger partial charge in [-0.2, -0.15) is 0 Å². The predicted molar refractivity (Wildman–Crippen MR) is 62.1 cm³/mol. The summed E-state index contributed by atoms with van der Waals surface area (Å²) in [6, 6.07) is 0.324. The molecule has 92 valence electrons. The van der Waals surface area contributed by atoms with Gasteiger partial charge in [0.15, 0.2) is 5.82 Å². The summed E-state index contributed by atoms with van der Waals surface area (Å²) in [5.74, 6) is -0.520. The highest BCUT2D eigenvalue weighted by Gasteiger charge is 2.25. The molecular formula is C11H15N3O3. The molecule has 2 N–H and O–H groups in total. The zero-order valence-electron chi connectivity index (χ0n) is 9.43. The first-order valence-corrected chi connectivity index (χ1v) is 5.71. The third-order valence-electron chi connectivity index (χ3n) is 2.67. The second-order valence-electron chi connectivity index (χ2n) is 4.14. The van der Waals surface area contributed by atoms with E-state index >= 15 is 0 Å². The molecule has 0 amide bonds. The lowest BCUT2D eigenvalue weighted by Crippen LogP contribution is -2.24. The lowest BCUT2D eigenvalue weighted by atomic mass is 10.3. The highest BCUT2D eigenvalue weighted by atomic mass is 16.4. The van der Waals surface area contributed by atoms with E-state index in [0.29, 0.717) is 24.8 Å². The number of rotatable bonds is 6. The number of carbonyl (C=O) groups is 1. The molecule has 1 aromatic heterocycles. The van der Waals surface area contributed by atoms with Gasteiger partial charge in [0, 0.05) is 31.4 Å². The van der Waals surface area contributed by atoms with Gasteiger partial charge in [0.25, 0.3) is 5.56 Å². The molecule has 1 aliphatic rings. The standard InChI is InChI=1S/C11H15N3O3/c15-9(16)2-1-5-12-10-11(17)14(7-6-13-10)8-3-4-8/h6-8H,1-5H2,(H,12,13)(H,15,16). The van der Waals surface area contributed by atoms with Gasteiger partial charge in [-0.1, -0.05) is 0 Å². The Labute approximate surface area is 98.3 Å². The largest absolute Gasteiger partial charge is 0.481 e. The van der Waals surface area contributed by atoms with Gasteiger partial charge in [0.2, 0.25) is 0 Å². The van der Waals surface area contributed by atoms with Crippen LogP contribution < -0.4 is 10.9 Å². The van der Waals surface area contributed by atoms with E-state index in [0.717, 1.165) is 12.8 Å². The van der Waals surface area contributed by atoms with Crippen molar-refractivity contribution in [3.05, 3.63) is 22.7 Å². The lowest BCUT2D eigenvalue weighted by molar-refractivity contribution is -0.137. The van der Waals surface area contributed by atoms with Gasteiger partial charge in [-0.3, -0.25) is 9.59 Å². The fraction of sp³-hybridized carbons (Fsp3) is 0.545.